The molecule has 0 radical (unpaired) electrons. The van der Waals surface area contributed by atoms with Crippen molar-refractivity contribution in [1.29, 1.82) is 0 Å². The Morgan fingerprint density at radius 2 is 1.85 bits per heavy atom. The summed E-state index contributed by atoms with van der Waals surface area (Å²) in [5.74, 6) is -0.490. The number of thiophene rings is 1. The SMILES string of the molecule is Cc1cc(C)c(NC(=O)CN(C)C(=O)c2csc(-c3cccs3)n2)c(C)c1. The standard InChI is InChI=1S/C20H21N3O2S2/c1-12-8-13(2)18(14(3)9-12)22-17(24)10-23(4)20(25)15-11-27-19(21-15)16-6-5-7-26-16/h5-9,11H,10H2,1-4H3,(H,22,24). The third-order valence-corrected chi connectivity index (χ3v) is 6.01. The van der Waals surface area contributed by atoms with E-state index in [1.54, 1.807) is 23.8 Å². The molecule has 0 saturated carbocycles. The van der Waals surface area contributed by atoms with Crippen molar-refractivity contribution in [3.63, 3.8) is 0 Å². The van der Waals surface area contributed by atoms with Crippen molar-refractivity contribution >= 4 is 40.2 Å². The van der Waals surface area contributed by atoms with E-state index < -0.39 is 0 Å². The molecule has 1 aromatic carbocycles. The second-order valence-electron chi connectivity index (χ2n) is 6.50. The minimum atomic E-state index is -0.262. The molecule has 1 N–H and O–H groups in total. The third kappa shape index (κ3) is 4.43. The van der Waals surface area contributed by atoms with Crippen molar-refractivity contribution < 1.29 is 9.59 Å². The van der Waals surface area contributed by atoms with E-state index in [4.69, 9.17) is 0 Å². The Bertz CT molecular complexity index is 954. The predicted molar refractivity (Wildman–Crippen MR) is 112 cm³/mol. The fourth-order valence-corrected chi connectivity index (χ4v) is 4.53. The van der Waals surface area contributed by atoms with E-state index in [1.165, 1.54) is 16.2 Å². The van der Waals surface area contributed by atoms with Crippen LogP contribution in [0, 0.1) is 20.8 Å². The van der Waals surface area contributed by atoms with Gasteiger partial charge >= 0.3 is 0 Å². The van der Waals surface area contributed by atoms with E-state index in [0.29, 0.717) is 5.69 Å². The van der Waals surface area contributed by atoms with Gasteiger partial charge in [0.05, 0.1) is 11.4 Å². The molecule has 27 heavy (non-hydrogen) atoms. The van der Waals surface area contributed by atoms with E-state index in [2.05, 4.69) is 10.3 Å². The summed E-state index contributed by atoms with van der Waals surface area (Å²) in [5, 5.41) is 7.45. The smallest absolute Gasteiger partial charge is 0.273 e. The van der Waals surface area contributed by atoms with Crippen molar-refractivity contribution in [2.75, 3.05) is 18.9 Å². The van der Waals surface area contributed by atoms with Gasteiger partial charge in [-0.05, 0) is 43.3 Å². The summed E-state index contributed by atoms with van der Waals surface area (Å²) < 4.78 is 0. The van der Waals surface area contributed by atoms with Crippen molar-refractivity contribution in [3.05, 3.63) is 57.4 Å². The summed E-state index contributed by atoms with van der Waals surface area (Å²) in [6.45, 7) is 5.92. The van der Waals surface area contributed by atoms with Gasteiger partial charge in [-0.1, -0.05) is 23.8 Å². The van der Waals surface area contributed by atoms with Gasteiger partial charge in [0.25, 0.3) is 5.91 Å². The molecule has 5 nitrogen and oxygen atoms in total. The van der Waals surface area contributed by atoms with Gasteiger partial charge < -0.3 is 10.2 Å². The zero-order valence-electron chi connectivity index (χ0n) is 15.7. The van der Waals surface area contributed by atoms with Crippen LogP contribution in [-0.2, 0) is 4.79 Å². The lowest BCUT2D eigenvalue weighted by atomic mass is 10.1. The van der Waals surface area contributed by atoms with Gasteiger partial charge in [-0.15, -0.1) is 22.7 Å². The highest BCUT2D eigenvalue weighted by atomic mass is 32.1. The molecule has 0 bridgehead atoms. The maximum Gasteiger partial charge on any atom is 0.273 e. The molecule has 7 heteroatoms. The third-order valence-electron chi connectivity index (χ3n) is 4.12. The Morgan fingerprint density at radius 3 is 2.48 bits per heavy atom. The zero-order valence-corrected chi connectivity index (χ0v) is 17.3. The number of hydrogen-bond donors (Lipinski definition) is 1. The van der Waals surface area contributed by atoms with Crippen LogP contribution in [0.2, 0.25) is 0 Å². The minimum Gasteiger partial charge on any atom is -0.331 e. The Morgan fingerprint density at radius 1 is 1.15 bits per heavy atom. The maximum absolute atomic E-state index is 12.6. The lowest BCUT2D eigenvalue weighted by Gasteiger charge is -2.17. The largest absolute Gasteiger partial charge is 0.331 e. The minimum absolute atomic E-state index is 0.0303. The topological polar surface area (TPSA) is 62.3 Å². The summed E-state index contributed by atoms with van der Waals surface area (Å²) in [6.07, 6.45) is 0. The molecule has 0 aliphatic carbocycles. The van der Waals surface area contributed by atoms with Gasteiger partial charge in [-0.25, -0.2) is 4.98 Å². The molecule has 3 rings (SSSR count). The summed E-state index contributed by atoms with van der Waals surface area (Å²) in [5.41, 5.74) is 4.34. The fourth-order valence-electron chi connectivity index (χ4n) is 2.92. The first kappa shape index (κ1) is 19.3. The van der Waals surface area contributed by atoms with Crippen LogP contribution in [0.4, 0.5) is 5.69 Å². The van der Waals surface area contributed by atoms with Crippen LogP contribution in [0.3, 0.4) is 0 Å². The molecule has 2 amide bonds. The number of carbonyl (C=O) groups excluding carboxylic acids is 2. The van der Waals surface area contributed by atoms with E-state index in [0.717, 1.165) is 32.3 Å². The Balaban J connectivity index is 1.65. The molecule has 0 saturated heterocycles. The normalized spacial score (nSPS) is 10.7. The molecular formula is C20H21N3O2S2. The summed E-state index contributed by atoms with van der Waals surface area (Å²) in [7, 11) is 1.61. The highest BCUT2D eigenvalue weighted by Gasteiger charge is 2.19. The highest BCUT2D eigenvalue weighted by molar-refractivity contribution is 7.20. The monoisotopic (exact) mass is 399 g/mol. The number of benzene rings is 1. The predicted octanol–water partition coefficient (Wildman–Crippen LogP) is 4.51. The van der Waals surface area contributed by atoms with Gasteiger partial charge in [-0.2, -0.15) is 0 Å². The van der Waals surface area contributed by atoms with Crippen LogP contribution in [0.25, 0.3) is 9.88 Å². The fraction of sp³-hybridized carbons (Fsp3) is 0.250. The second-order valence-corrected chi connectivity index (χ2v) is 8.30. The number of nitrogens with one attached hydrogen (secondary N) is 1. The number of thiazole rings is 1. The van der Waals surface area contributed by atoms with Gasteiger partial charge in [-0.3, -0.25) is 9.59 Å². The van der Waals surface area contributed by atoms with Gasteiger partial charge in [0.15, 0.2) is 0 Å². The van der Waals surface area contributed by atoms with E-state index >= 15 is 0 Å². The van der Waals surface area contributed by atoms with Crippen molar-refractivity contribution in [3.8, 4) is 9.88 Å². The van der Waals surface area contributed by atoms with Crippen LogP contribution < -0.4 is 5.32 Å². The van der Waals surface area contributed by atoms with E-state index in [1.807, 2.05) is 50.4 Å². The quantitative estimate of drug-likeness (QED) is 0.687. The summed E-state index contributed by atoms with van der Waals surface area (Å²) >= 11 is 3.01. The van der Waals surface area contributed by atoms with Gasteiger partial charge in [0.1, 0.15) is 10.7 Å². The Hall–Kier alpha value is -2.51. The Kier molecular flexibility index (Phi) is 5.72. The van der Waals surface area contributed by atoms with Crippen LogP contribution in [-0.4, -0.2) is 35.3 Å². The number of amides is 2. The second kappa shape index (κ2) is 8.02. The first-order valence-electron chi connectivity index (χ1n) is 8.47. The molecule has 0 atom stereocenters. The average Bonchev–Trinajstić information content (AvgIpc) is 3.28. The number of aryl methyl sites for hydroxylation is 3. The van der Waals surface area contributed by atoms with Gasteiger partial charge in [0.2, 0.25) is 5.91 Å². The lowest BCUT2D eigenvalue weighted by molar-refractivity contribution is -0.116. The molecular weight excluding hydrogens is 378 g/mol. The molecule has 0 unspecified atom stereocenters. The molecule has 0 spiro atoms. The molecule has 3 aromatic rings. The van der Waals surface area contributed by atoms with Crippen LogP contribution in [0.15, 0.2) is 35.0 Å². The number of nitrogens with zero attached hydrogens (tertiary/aromatic N) is 2. The summed E-state index contributed by atoms with van der Waals surface area (Å²) in [6, 6.07) is 7.98. The van der Waals surface area contributed by atoms with Gasteiger partial charge in [0, 0.05) is 18.1 Å². The molecule has 0 fully saturated rings. The number of rotatable bonds is 5. The molecule has 140 valence electrons. The Labute approximate surface area is 166 Å². The molecule has 2 heterocycles. The number of hydrogen-bond acceptors (Lipinski definition) is 5. The molecule has 0 aliphatic rings. The van der Waals surface area contributed by atoms with Crippen molar-refractivity contribution in [2.45, 2.75) is 20.8 Å². The van der Waals surface area contributed by atoms with E-state index in [9.17, 15) is 9.59 Å². The first-order valence-corrected chi connectivity index (χ1v) is 10.2. The highest BCUT2D eigenvalue weighted by Crippen LogP contribution is 2.28. The molecule has 0 aliphatic heterocycles. The van der Waals surface area contributed by atoms with Crippen molar-refractivity contribution in [1.82, 2.24) is 9.88 Å². The maximum atomic E-state index is 12.6. The van der Waals surface area contributed by atoms with Crippen LogP contribution >= 0.6 is 22.7 Å². The number of aromatic nitrogens is 1. The first-order chi connectivity index (χ1) is 12.8. The zero-order chi connectivity index (χ0) is 19.6. The number of carbonyl (C=O) groups is 2. The van der Waals surface area contributed by atoms with E-state index in [-0.39, 0.29) is 18.4 Å². The number of likely N-dealkylation sites (N-methyl/N-ethyl adjacent to an activating group) is 1. The summed E-state index contributed by atoms with van der Waals surface area (Å²) in [4.78, 5) is 31.8. The van der Waals surface area contributed by atoms with Crippen LogP contribution in [0.1, 0.15) is 27.2 Å². The van der Waals surface area contributed by atoms with Crippen LogP contribution in [0.5, 0.6) is 0 Å². The van der Waals surface area contributed by atoms with Crippen molar-refractivity contribution in [2.24, 2.45) is 0 Å². The lowest BCUT2D eigenvalue weighted by Crippen LogP contribution is -2.35. The average molecular weight is 400 g/mol. The number of anilines is 1. The molecule has 2 aromatic heterocycles.